The number of hydrogen-bond acceptors (Lipinski definition) is 5. The predicted octanol–water partition coefficient (Wildman–Crippen LogP) is 5.43. The van der Waals surface area contributed by atoms with E-state index in [-0.39, 0.29) is 5.56 Å². The summed E-state index contributed by atoms with van der Waals surface area (Å²) in [7, 11) is 0. The predicted molar refractivity (Wildman–Crippen MR) is 116 cm³/mol. The molecule has 0 saturated heterocycles. The Bertz CT molecular complexity index is 1110. The molecule has 0 atom stereocenters. The molecule has 4 aromatic rings. The zero-order chi connectivity index (χ0) is 20.1. The van der Waals surface area contributed by atoms with Crippen molar-refractivity contribution in [1.29, 1.82) is 0 Å². The number of nitrogens with one attached hydrogen (secondary N) is 1. The van der Waals surface area contributed by atoms with Crippen molar-refractivity contribution in [2.75, 3.05) is 5.32 Å². The summed E-state index contributed by atoms with van der Waals surface area (Å²) < 4.78 is 0. The van der Waals surface area contributed by atoms with Gasteiger partial charge in [0.1, 0.15) is 5.01 Å². The first-order valence-electron chi connectivity index (χ1n) is 9.25. The number of anilines is 2. The second-order valence-corrected chi connectivity index (χ2v) is 7.55. The molecule has 0 unspecified atom stereocenters. The van der Waals surface area contributed by atoms with E-state index in [1.807, 2.05) is 60.7 Å². The molecular formula is C23H19N3O2S. The van der Waals surface area contributed by atoms with Crippen LogP contribution in [-0.2, 0) is 12.8 Å². The number of hydrogen-bond donors (Lipinski definition) is 2. The highest BCUT2D eigenvalue weighted by molar-refractivity contribution is 7.18. The Morgan fingerprint density at radius 1 is 0.862 bits per heavy atom. The van der Waals surface area contributed by atoms with Gasteiger partial charge in [-0.1, -0.05) is 78.1 Å². The summed E-state index contributed by atoms with van der Waals surface area (Å²) in [5, 5.41) is 22.4. The highest BCUT2D eigenvalue weighted by Crippen LogP contribution is 2.30. The Hall–Kier alpha value is -3.51. The van der Waals surface area contributed by atoms with Crippen LogP contribution in [0.4, 0.5) is 10.8 Å². The van der Waals surface area contributed by atoms with E-state index in [9.17, 15) is 9.90 Å². The molecule has 0 bridgehead atoms. The van der Waals surface area contributed by atoms with Crippen LogP contribution in [0.2, 0.25) is 0 Å². The molecular weight excluding hydrogens is 382 g/mol. The molecule has 0 aliphatic heterocycles. The number of benzene rings is 3. The Labute approximate surface area is 172 Å². The van der Waals surface area contributed by atoms with Gasteiger partial charge in [0.05, 0.1) is 11.3 Å². The van der Waals surface area contributed by atoms with Crippen molar-refractivity contribution in [3.63, 3.8) is 0 Å². The van der Waals surface area contributed by atoms with Crippen LogP contribution in [-0.4, -0.2) is 21.3 Å². The molecule has 5 nitrogen and oxygen atoms in total. The van der Waals surface area contributed by atoms with Crippen molar-refractivity contribution in [2.24, 2.45) is 0 Å². The first kappa shape index (κ1) is 18.8. The molecule has 6 heteroatoms. The summed E-state index contributed by atoms with van der Waals surface area (Å²) >= 11 is 1.39. The van der Waals surface area contributed by atoms with Crippen molar-refractivity contribution in [1.82, 2.24) is 10.2 Å². The number of aryl methyl sites for hydroxylation is 2. The van der Waals surface area contributed by atoms with Crippen LogP contribution < -0.4 is 5.32 Å². The molecule has 3 aromatic carbocycles. The van der Waals surface area contributed by atoms with Crippen LogP contribution in [0, 0.1) is 0 Å². The summed E-state index contributed by atoms with van der Waals surface area (Å²) in [4.78, 5) is 11.7. The molecule has 144 valence electrons. The number of aromatic carboxylic acids is 1. The fraction of sp³-hybridized carbons (Fsp3) is 0.0870. The van der Waals surface area contributed by atoms with Gasteiger partial charge in [-0.2, -0.15) is 0 Å². The molecule has 0 spiro atoms. The molecule has 0 saturated carbocycles. The maximum absolute atomic E-state index is 11.7. The zero-order valence-electron chi connectivity index (χ0n) is 15.6. The number of aromatic nitrogens is 2. The number of carboxylic acid groups (broad SMARTS) is 1. The maximum atomic E-state index is 11.7. The smallest absolute Gasteiger partial charge is 0.337 e. The van der Waals surface area contributed by atoms with E-state index < -0.39 is 5.97 Å². The summed E-state index contributed by atoms with van der Waals surface area (Å²) in [6.07, 6.45) is 1.72. The lowest BCUT2D eigenvalue weighted by Crippen LogP contribution is -2.04. The van der Waals surface area contributed by atoms with Crippen LogP contribution >= 0.6 is 11.3 Å². The van der Waals surface area contributed by atoms with E-state index in [4.69, 9.17) is 0 Å². The van der Waals surface area contributed by atoms with Crippen LogP contribution in [0.5, 0.6) is 0 Å². The molecule has 2 N–H and O–H groups in total. The van der Waals surface area contributed by atoms with Crippen molar-refractivity contribution in [2.45, 2.75) is 12.8 Å². The van der Waals surface area contributed by atoms with Gasteiger partial charge in [0.2, 0.25) is 5.13 Å². The third kappa shape index (κ3) is 4.67. The van der Waals surface area contributed by atoms with E-state index >= 15 is 0 Å². The highest BCUT2D eigenvalue weighted by Gasteiger charge is 2.14. The fourth-order valence-electron chi connectivity index (χ4n) is 3.06. The number of carbonyl (C=O) groups is 1. The second kappa shape index (κ2) is 8.67. The highest BCUT2D eigenvalue weighted by atomic mass is 32.1. The summed E-state index contributed by atoms with van der Waals surface area (Å²) in [5.41, 5.74) is 4.03. The van der Waals surface area contributed by atoms with Crippen LogP contribution in [0.25, 0.3) is 10.6 Å². The molecule has 0 aliphatic carbocycles. The van der Waals surface area contributed by atoms with Gasteiger partial charge in [-0.3, -0.25) is 0 Å². The van der Waals surface area contributed by atoms with Gasteiger partial charge in [-0.15, -0.1) is 10.2 Å². The van der Waals surface area contributed by atoms with E-state index in [0.29, 0.717) is 10.8 Å². The standard InChI is InChI=1S/C23H19N3O2S/c27-22(28)19-14-13-17(12-11-16-7-3-1-4-8-16)15-20(19)24-23-26-25-21(29-23)18-9-5-2-6-10-18/h1-10,13-15H,11-12H2,(H,24,26)(H,27,28). The normalized spacial score (nSPS) is 10.6. The minimum atomic E-state index is -0.977. The molecule has 0 amide bonds. The fourth-order valence-corrected chi connectivity index (χ4v) is 3.82. The van der Waals surface area contributed by atoms with Crippen molar-refractivity contribution >= 4 is 28.1 Å². The molecule has 1 heterocycles. The van der Waals surface area contributed by atoms with E-state index in [2.05, 4.69) is 27.6 Å². The van der Waals surface area contributed by atoms with E-state index in [1.54, 1.807) is 6.07 Å². The van der Waals surface area contributed by atoms with Gasteiger partial charge in [0.25, 0.3) is 0 Å². The number of nitrogens with zero attached hydrogens (tertiary/aromatic N) is 2. The third-order valence-corrected chi connectivity index (χ3v) is 5.43. The molecule has 1 aromatic heterocycles. The first-order chi connectivity index (χ1) is 14.2. The lowest BCUT2D eigenvalue weighted by atomic mass is 10.0. The molecule has 0 radical (unpaired) electrons. The quantitative estimate of drug-likeness (QED) is 0.432. The zero-order valence-corrected chi connectivity index (χ0v) is 16.4. The lowest BCUT2D eigenvalue weighted by Gasteiger charge is -2.10. The Morgan fingerprint density at radius 2 is 1.55 bits per heavy atom. The third-order valence-electron chi connectivity index (χ3n) is 4.55. The summed E-state index contributed by atoms with van der Waals surface area (Å²) in [6.45, 7) is 0. The number of carboxylic acids is 1. The monoisotopic (exact) mass is 401 g/mol. The lowest BCUT2D eigenvalue weighted by molar-refractivity contribution is 0.0698. The minimum absolute atomic E-state index is 0.213. The molecule has 0 fully saturated rings. The Kier molecular flexibility index (Phi) is 5.63. The topological polar surface area (TPSA) is 75.1 Å². The first-order valence-corrected chi connectivity index (χ1v) is 10.1. The van der Waals surface area contributed by atoms with Crippen molar-refractivity contribution in [3.8, 4) is 10.6 Å². The van der Waals surface area contributed by atoms with Crippen molar-refractivity contribution in [3.05, 3.63) is 95.6 Å². The van der Waals surface area contributed by atoms with Crippen LogP contribution in [0.3, 0.4) is 0 Å². The minimum Gasteiger partial charge on any atom is -0.478 e. The molecule has 4 rings (SSSR count). The van der Waals surface area contributed by atoms with E-state index in [1.165, 1.54) is 16.9 Å². The molecule has 29 heavy (non-hydrogen) atoms. The van der Waals surface area contributed by atoms with Gasteiger partial charge in [-0.25, -0.2) is 4.79 Å². The number of rotatable bonds is 7. The molecule has 0 aliphatic rings. The van der Waals surface area contributed by atoms with Crippen LogP contribution in [0.15, 0.2) is 78.9 Å². The van der Waals surface area contributed by atoms with Gasteiger partial charge >= 0.3 is 5.97 Å². The largest absolute Gasteiger partial charge is 0.478 e. The SMILES string of the molecule is O=C(O)c1ccc(CCc2ccccc2)cc1Nc1nnc(-c2ccccc2)s1. The van der Waals surface area contributed by atoms with E-state index in [0.717, 1.165) is 29.0 Å². The van der Waals surface area contributed by atoms with Crippen LogP contribution in [0.1, 0.15) is 21.5 Å². The average Bonchev–Trinajstić information content (AvgIpc) is 3.22. The van der Waals surface area contributed by atoms with Gasteiger partial charge in [0, 0.05) is 5.56 Å². The van der Waals surface area contributed by atoms with Gasteiger partial charge in [-0.05, 0) is 36.1 Å². The summed E-state index contributed by atoms with van der Waals surface area (Å²) in [6, 6.07) is 25.4. The average molecular weight is 401 g/mol. The Balaban J connectivity index is 1.55. The van der Waals surface area contributed by atoms with Crippen molar-refractivity contribution < 1.29 is 9.90 Å². The van der Waals surface area contributed by atoms with Gasteiger partial charge < -0.3 is 10.4 Å². The Morgan fingerprint density at radius 3 is 2.28 bits per heavy atom. The second-order valence-electron chi connectivity index (χ2n) is 6.57. The summed E-state index contributed by atoms with van der Waals surface area (Å²) in [5.74, 6) is -0.977. The van der Waals surface area contributed by atoms with Gasteiger partial charge in [0.15, 0.2) is 0 Å². The maximum Gasteiger partial charge on any atom is 0.337 e.